The van der Waals surface area contributed by atoms with Crippen LogP contribution in [0.4, 0.5) is 0 Å². The Bertz CT molecular complexity index is 358. The smallest absolute Gasteiger partial charge is 0.133 e. The predicted molar refractivity (Wildman–Crippen MR) is 54.0 cm³/mol. The fourth-order valence-corrected chi connectivity index (χ4v) is 1.03. The maximum absolute atomic E-state index is 9.05. The SMILES string of the molecule is Oc1ccc(C=NN2C=NNC2)cc1. The maximum Gasteiger partial charge on any atom is 0.133 e. The third-order valence-electron chi connectivity index (χ3n) is 1.76. The molecule has 1 aromatic rings. The van der Waals surface area contributed by atoms with E-state index in [0.717, 1.165) is 5.56 Å². The molecule has 0 amide bonds. The van der Waals surface area contributed by atoms with Crippen LogP contribution in [0, 0.1) is 0 Å². The summed E-state index contributed by atoms with van der Waals surface area (Å²) in [5.74, 6) is 0.256. The second-order valence-corrected chi connectivity index (χ2v) is 2.84. The van der Waals surface area contributed by atoms with Crippen LogP contribution in [-0.4, -0.2) is 29.3 Å². The minimum absolute atomic E-state index is 0.256. The Morgan fingerprint density at radius 1 is 1.43 bits per heavy atom. The molecule has 0 saturated carbocycles. The van der Waals surface area contributed by atoms with Crippen molar-refractivity contribution in [2.24, 2.45) is 10.2 Å². The average Bonchev–Trinajstić information content (AvgIpc) is 2.70. The number of hydrogen-bond donors (Lipinski definition) is 2. The molecule has 2 N–H and O–H groups in total. The average molecular weight is 190 g/mol. The van der Waals surface area contributed by atoms with Crippen molar-refractivity contribution in [3.05, 3.63) is 29.8 Å². The molecule has 0 unspecified atom stereocenters. The van der Waals surface area contributed by atoms with Crippen LogP contribution in [-0.2, 0) is 0 Å². The Kier molecular flexibility index (Phi) is 2.31. The van der Waals surface area contributed by atoms with Gasteiger partial charge in [0.25, 0.3) is 0 Å². The van der Waals surface area contributed by atoms with Crippen molar-refractivity contribution in [2.75, 3.05) is 6.67 Å². The first-order valence-corrected chi connectivity index (χ1v) is 4.20. The number of rotatable bonds is 2. The van der Waals surface area contributed by atoms with Gasteiger partial charge in [0, 0.05) is 0 Å². The van der Waals surface area contributed by atoms with Gasteiger partial charge in [-0.25, -0.2) is 5.01 Å². The zero-order valence-corrected chi connectivity index (χ0v) is 7.46. The van der Waals surface area contributed by atoms with E-state index in [1.165, 1.54) is 0 Å². The number of phenolic OH excluding ortho intramolecular Hbond substituents is 1. The molecule has 1 heterocycles. The molecular formula is C9H10N4O. The molecule has 1 aromatic carbocycles. The van der Waals surface area contributed by atoms with Crippen molar-refractivity contribution in [1.82, 2.24) is 10.4 Å². The van der Waals surface area contributed by atoms with Gasteiger partial charge in [-0.15, -0.1) is 0 Å². The van der Waals surface area contributed by atoms with Crippen molar-refractivity contribution < 1.29 is 5.11 Å². The van der Waals surface area contributed by atoms with Crippen LogP contribution < -0.4 is 5.43 Å². The van der Waals surface area contributed by atoms with E-state index in [-0.39, 0.29) is 5.75 Å². The van der Waals surface area contributed by atoms with Crippen LogP contribution in [0.25, 0.3) is 0 Å². The minimum Gasteiger partial charge on any atom is -0.508 e. The lowest BCUT2D eigenvalue weighted by Crippen LogP contribution is -2.17. The molecular weight excluding hydrogens is 180 g/mol. The summed E-state index contributed by atoms with van der Waals surface area (Å²) < 4.78 is 0. The van der Waals surface area contributed by atoms with E-state index >= 15 is 0 Å². The van der Waals surface area contributed by atoms with Gasteiger partial charge in [0.2, 0.25) is 0 Å². The first-order chi connectivity index (χ1) is 6.84. The van der Waals surface area contributed by atoms with Gasteiger partial charge >= 0.3 is 0 Å². The third kappa shape index (κ3) is 2.01. The van der Waals surface area contributed by atoms with Gasteiger partial charge in [0.05, 0.1) is 6.21 Å². The van der Waals surface area contributed by atoms with E-state index < -0.39 is 0 Å². The summed E-state index contributed by atoms with van der Waals surface area (Å²) in [6, 6.07) is 6.83. The lowest BCUT2D eigenvalue weighted by molar-refractivity contribution is 0.461. The normalized spacial score (nSPS) is 15.0. The van der Waals surface area contributed by atoms with E-state index in [4.69, 9.17) is 5.11 Å². The summed E-state index contributed by atoms with van der Waals surface area (Å²) in [6.07, 6.45) is 3.31. The van der Waals surface area contributed by atoms with E-state index in [2.05, 4.69) is 15.6 Å². The molecule has 0 radical (unpaired) electrons. The monoisotopic (exact) mass is 190 g/mol. The molecule has 0 spiro atoms. The molecule has 2 rings (SSSR count). The van der Waals surface area contributed by atoms with Gasteiger partial charge in [0.1, 0.15) is 18.8 Å². The van der Waals surface area contributed by atoms with Crippen LogP contribution in [0.2, 0.25) is 0 Å². The van der Waals surface area contributed by atoms with Crippen molar-refractivity contribution in [2.45, 2.75) is 0 Å². The molecule has 1 aliphatic heterocycles. The number of nitrogens with one attached hydrogen (secondary N) is 1. The standard InChI is InChI=1S/C9H10N4O/c14-9-3-1-8(2-4-9)5-12-13-6-10-11-7-13/h1-6,11,14H,7H2. The second kappa shape index (κ2) is 3.78. The number of benzene rings is 1. The Morgan fingerprint density at radius 2 is 2.21 bits per heavy atom. The predicted octanol–water partition coefficient (Wildman–Crippen LogP) is 0.532. The van der Waals surface area contributed by atoms with Crippen molar-refractivity contribution in [3.8, 4) is 5.75 Å². The van der Waals surface area contributed by atoms with E-state index in [1.54, 1.807) is 41.8 Å². The van der Waals surface area contributed by atoms with Gasteiger partial charge in [0.15, 0.2) is 0 Å². The van der Waals surface area contributed by atoms with E-state index in [1.807, 2.05) is 0 Å². The van der Waals surface area contributed by atoms with Crippen LogP contribution >= 0.6 is 0 Å². The van der Waals surface area contributed by atoms with Gasteiger partial charge < -0.3 is 5.11 Å². The second-order valence-electron chi connectivity index (χ2n) is 2.84. The molecule has 0 saturated heterocycles. The highest BCUT2D eigenvalue weighted by Crippen LogP contribution is 2.07. The Labute approximate surface area is 81.4 Å². The topological polar surface area (TPSA) is 60.2 Å². The van der Waals surface area contributed by atoms with Crippen molar-refractivity contribution in [3.63, 3.8) is 0 Å². The highest BCUT2D eigenvalue weighted by molar-refractivity contribution is 5.80. The zero-order valence-electron chi connectivity index (χ0n) is 7.46. The van der Waals surface area contributed by atoms with Gasteiger partial charge in [-0.05, 0) is 29.8 Å². The van der Waals surface area contributed by atoms with Crippen LogP contribution in [0.1, 0.15) is 5.56 Å². The first kappa shape index (κ1) is 8.55. The molecule has 72 valence electrons. The van der Waals surface area contributed by atoms with E-state index in [9.17, 15) is 0 Å². The molecule has 1 aliphatic rings. The fraction of sp³-hybridized carbons (Fsp3) is 0.111. The Morgan fingerprint density at radius 3 is 2.86 bits per heavy atom. The third-order valence-corrected chi connectivity index (χ3v) is 1.76. The van der Waals surface area contributed by atoms with Gasteiger partial charge in [-0.1, -0.05) is 0 Å². The summed E-state index contributed by atoms with van der Waals surface area (Å²) in [5, 5.41) is 18.7. The number of aromatic hydroxyl groups is 1. The number of hydrazone groups is 2. The molecule has 14 heavy (non-hydrogen) atoms. The number of nitrogens with zero attached hydrogens (tertiary/aromatic N) is 3. The lowest BCUT2D eigenvalue weighted by Gasteiger charge is -2.03. The van der Waals surface area contributed by atoms with Gasteiger partial charge in [-0.2, -0.15) is 10.2 Å². The van der Waals surface area contributed by atoms with Crippen molar-refractivity contribution in [1.29, 1.82) is 0 Å². The van der Waals surface area contributed by atoms with Crippen LogP contribution in [0.3, 0.4) is 0 Å². The summed E-state index contributed by atoms with van der Waals surface area (Å²) in [6.45, 7) is 0.592. The maximum atomic E-state index is 9.05. The quantitative estimate of drug-likeness (QED) is 0.669. The Hall–Kier alpha value is -2.04. The lowest BCUT2D eigenvalue weighted by atomic mass is 10.2. The fourth-order valence-electron chi connectivity index (χ4n) is 1.03. The summed E-state index contributed by atoms with van der Waals surface area (Å²) in [4.78, 5) is 0. The van der Waals surface area contributed by atoms with Gasteiger partial charge in [-0.3, -0.25) is 5.43 Å². The summed E-state index contributed by atoms with van der Waals surface area (Å²) in [7, 11) is 0. The van der Waals surface area contributed by atoms with Crippen LogP contribution in [0.15, 0.2) is 34.5 Å². The Balaban J connectivity index is 2.02. The molecule has 0 aromatic heterocycles. The van der Waals surface area contributed by atoms with E-state index in [0.29, 0.717) is 6.67 Å². The molecule has 5 nitrogen and oxygen atoms in total. The van der Waals surface area contributed by atoms with Crippen molar-refractivity contribution >= 4 is 12.6 Å². The molecule has 0 bridgehead atoms. The minimum atomic E-state index is 0.256. The molecule has 0 aliphatic carbocycles. The highest BCUT2D eigenvalue weighted by Gasteiger charge is 1.99. The first-order valence-electron chi connectivity index (χ1n) is 4.20. The number of hydrogen-bond acceptors (Lipinski definition) is 5. The summed E-state index contributed by atoms with van der Waals surface area (Å²) in [5.41, 5.74) is 3.69. The molecule has 0 fully saturated rings. The zero-order chi connectivity index (χ0) is 9.80. The molecule has 0 atom stereocenters. The largest absolute Gasteiger partial charge is 0.508 e. The molecule has 5 heteroatoms. The summed E-state index contributed by atoms with van der Waals surface area (Å²) >= 11 is 0. The van der Waals surface area contributed by atoms with Crippen LogP contribution in [0.5, 0.6) is 5.75 Å². The highest BCUT2D eigenvalue weighted by atomic mass is 16.3. The number of phenols is 1.